The van der Waals surface area contributed by atoms with Crippen LogP contribution in [0.5, 0.6) is 0 Å². The Morgan fingerprint density at radius 3 is 2.68 bits per heavy atom. The Morgan fingerprint density at radius 2 is 2.05 bits per heavy atom. The maximum Gasteiger partial charge on any atom is 0.317 e. The van der Waals surface area contributed by atoms with Crippen molar-refractivity contribution in [3.8, 4) is 0 Å². The molecule has 1 aliphatic carbocycles. The first kappa shape index (κ1) is 14.6. The topological polar surface area (TPSA) is 52.6 Å². The molecule has 4 nitrogen and oxygen atoms in total. The minimum absolute atomic E-state index is 0.00549. The predicted octanol–water partition coefficient (Wildman–Crippen LogP) is 2.37. The number of β-amino-alcohol motifs (C(OH)–C–C–N with tert-alkyl or cyclic N) is 1. The summed E-state index contributed by atoms with van der Waals surface area (Å²) in [7, 11) is 0. The fourth-order valence-electron chi connectivity index (χ4n) is 3.24. The lowest BCUT2D eigenvalue weighted by Crippen LogP contribution is -2.55. The van der Waals surface area contributed by atoms with Crippen molar-refractivity contribution in [1.29, 1.82) is 0 Å². The molecule has 4 heteroatoms. The van der Waals surface area contributed by atoms with E-state index in [4.69, 9.17) is 0 Å². The number of urea groups is 1. The standard InChI is InChI=1S/C15H28N2O2/c1-11-7-9-17(10-12(11)18)14(19)16-13-6-4-5-8-15(13,2)3/h11-13,18H,4-10H2,1-3H3,(H,16,19). The van der Waals surface area contributed by atoms with Crippen LogP contribution in [0.4, 0.5) is 4.79 Å². The molecule has 3 atom stereocenters. The summed E-state index contributed by atoms with van der Waals surface area (Å²) in [6.45, 7) is 7.76. The van der Waals surface area contributed by atoms with Crippen LogP contribution < -0.4 is 5.32 Å². The van der Waals surface area contributed by atoms with E-state index in [1.54, 1.807) is 4.90 Å². The number of hydrogen-bond acceptors (Lipinski definition) is 2. The van der Waals surface area contributed by atoms with E-state index in [1.807, 2.05) is 6.92 Å². The number of piperidine rings is 1. The lowest BCUT2D eigenvalue weighted by Gasteiger charge is -2.41. The molecule has 0 radical (unpaired) electrons. The van der Waals surface area contributed by atoms with Gasteiger partial charge in [0.25, 0.3) is 0 Å². The zero-order chi connectivity index (χ0) is 14.0. The summed E-state index contributed by atoms with van der Waals surface area (Å²) in [6, 6.07) is 0.274. The second-order valence-electron chi connectivity index (χ2n) is 7.02. The lowest BCUT2D eigenvalue weighted by molar-refractivity contribution is 0.0407. The van der Waals surface area contributed by atoms with Crippen LogP contribution in [0.15, 0.2) is 0 Å². The summed E-state index contributed by atoms with van der Waals surface area (Å²) in [5.74, 6) is 0.301. The molecule has 0 aromatic carbocycles. The second-order valence-corrected chi connectivity index (χ2v) is 7.02. The van der Waals surface area contributed by atoms with Crippen molar-refractivity contribution in [1.82, 2.24) is 10.2 Å². The van der Waals surface area contributed by atoms with Gasteiger partial charge in [-0.25, -0.2) is 4.79 Å². The molecular formula is C15H28N2O2. The quantitative estimate of drug-likeness (QED) is 0.767. The van der Waals surface area contributed by atoms with Gasteiger partial charge in [0.15, 0.2) is 0 Å². The summed E-state index contributed by atoms with van der Waals surface area (Å²) in [5.41, 5.74) is 0.190. The largest absolute Gasteiger partial charge is 0.391 e. The molecule has 0 aromatic rings. The molecule has 2 amide bonds. The first-order valence-electron chi connectivity index (χ1n) is 7.63. The van der Waals surface area contributed by atoms with Crippen LogP contribution in [0.25, 0.3) is 0 Å². The van der Waals surface area contributed by atoms with E-state index in [-0.39, 0.29) is 23.6 Å². The Labute approximate surface area is 116 Å². The van der Waals surface area contributed by atoms with Gasteiger partial charge in [-0.3, -0.25) is 0 Å². The van der Waals surface area contributed by atoms with Gasteiger partial charge in [0.05, 0.1) is 6.10 Å². The molecule has 1 heterocycles. The molecule has 2 fully saturated rings. The number of carbonyl (C=O) groups is 1. The Bertz CT molecular complexity index is 330. The molecule has 110 valence electrons. The van der Waals surface area contributed by atoms with Crippen LogP contribution >= 0.6 is 0 Å². The molecule has 3 unspecified atom stereocenters. The summed E-state index contributed by atoms with van der Waals surface area (Å²) >= 11 is 0. The van der Waals surface area contributed by atoms with Gasteiger partial charge in [0.1, 0.15) is 0 Å². The zero-order valence-electron chi connectivity index (χ0n) is 12.5. The maximum atomic E-state index is 12.3. The van der Waals surface area contributed by atoms with E-state index in [1.165, 1.54) is 19.3 Å². The Balaban J connectivity index is 1.90. The average Bonchev–Trinajstić information content (AvgIpc) is 2.35. The van der Waals surface area contributed by atoms with Gasteiger partial charge in [-0.1, -0.05) is 33.6 Å². The van der Waals surface area contributed by atoms with Gasteiger partial charge in [-0.05, 0) is 30.6 Å². The Morgan fingerprint density at radius 1 is 1.32 bits per heavy atom. The first-order valence-corrected chi connectivity index (χ1v) is 7.63. The number of nitrogens with one attached hydrogen (secondary N) is 1. The Hall–Kier alpha value is -0.770. The molecule has 2 rings (SSSR count). The molecule has 1 saturated carbocycles. The highest BCUT2D eigenvalue weighted by atomic mass is 16.3. The smallest absolute Gasteiger partial charge is 0.317 e. The van der Waals surface area contributed by atoms with E-state index < -0.39 is 0 Å². The molecule has 1 saturated heterocycles. The van der Waals surface area contributed by atoms with Crippen LogP contribution in [-0.2, 0) is 0 Å². The second kappa shape index (κ2) is 5.70. The molecule has 1 aliphatic heterocycles. The fraction of sp³-hybridized carbons (Fsp3) is 0.933. The predicted molar refractivity (Wildman–Crippen MR) is 75.9 cm³/mol. The highest BCUT2D eigenvalue weighted by Crippen LogP contribution is 2.35. The first-order chi connectivity index (χ1) is 8.90. The van der Waals surface area contributed by atoms with Gasteiger partial charge in [-0.2, -0.15) is 0 Å². The van der Waals surface area contributed by atoms with Gasteiger partial charge in [-0.15, -0.1) is 0 Å². The lowest BCUT2D eigenvalue weighted by atomic mass is 9.73. The van der Waals surface area contributed by atoms with Crippen LogP contribution in [0, 0.1) is 11.3 Å². The molecule has 19 heavy (non-hydrogen) atoms. The minimum atomic E-state index is -0.376. The number of nitrogens with zero attached hydrogens (tertiary/aromatic N) is 1. The number of amides is 2. The minimum Gasteiger partial charge on any atom is -0.391 e. The number of rotatable bonds is 1. The van der Waals surface area contributed by atoms with Gasteiger partial charge in [0.2, 0.25) is 0 Å². The van der Waals surface area contributed by atoms with Crippen molar-refractivity contribution < 1.29 is 9.90 Å². The van der Waals surface area contributed by atoms with Crippen LogP contribution in [-0.4, -0.2) is 41.3 Å². The monoisotopic (exact) mass is 268 g/mol. The van der Waals surface area contributed by atoms with Crippen molar-refractivity contribution in [3.05, 3.63) is 0 Å². The van der Waals surface area contributed by atoms with Crippen molar-refractivity contribution in [2.75, 3.05) is 13.1 Å². The summed E-state index contributed by atoms with van der Waals surface area (Å²) < 4.78 is 0. The summed E-state index contributed by atoms with van der Waals surface area (Å²) in [5, 5.41) is 13.1. The van der Waals surface area contributed by atoms with Crippen molar-refractivity contribution in [3.63, 3.8) is 0 Å². The third kappa shape index (κ3) is 3.41. The van der Waals surface area contributed by atoms with Gasteiger partial charge >= 0.3 is 6.03 Å². The van der Waals surface area contributed by atoms with E-state index in [2.05, 4.69) is 19.2 Å². The molecular weight excluding hydrogens is 240 g/mol. The Kier molecular flexibility index (Phi) is 4.39. The van der Waals surface area contributed by atoms with Gasteiger partial charge < -0.3 is 15.3 Å². The number of aliphatic hydroxyl groups excluding tert-OH is 1. The number of likely N-dealkylation sites (tertiary alicyclic amines) is 1. The molecule has 0 spiro atoms. The summed E-state index contributed by atoms with van der Waals surface area (Å²) in [4.78, 5) is 14.1. The van der Waals surface area contributed by atoms with Gasteiger partial charge in [0, 0.05) is 19.1 Å². The number of aliphatic hydroxyl groups is 1. The van der Waals surface area contributed by atoms with Crippen molar-refractivity contribution >= 4 is 6.03 Å². The molecule has 2 N–H and O–H groups in total. The fourth-order valence-corrected chi connectivity index (χ4v) is 3.24. The highest BCUT2D eigenvalue weighted by Gasteiger charge is 2.35. The van der Waals surface area contributed by atoms with Crippen molar-refractivity contribution in [2.24, 2.45) is 11.3 Å². The van der Waals surface area contributed by atoms with Crippen LogP contribution in [0.3, 0.4) is 0 Å². The molecule has 2 aliphatic rings. The van der Waals surface area contributed by atoms with E-state index in [9.17, 15) is 9.90 Å². The molecule has 0 bridgehead atoms. The number of hydrogen-bond donors (Lipinski definition) is 2. The normalized spacial score (nSPS) is 34.9. The molecule has 0 aromatic heterocycles. The van der Waals surface area contributed by atoms with Crippen molar-refractivity contribution in [2.45, 2.75) is 65.0 Å². The van der Waals surface area contributed by atoms with E-state index in [0.717, 1.165) is 19.4 Å². The maximum absolute atomic E-state index is 12.3. The van der Waals surface area contributed by atoms with Crippen LogP contribution in [0.1, 0.15) is 52.9 Å². The van der Waals surface area contributed by atoms with E-state index in [0.29, 0.717) is 12.5 Å². The third-order valence-electron chi connectivity index (χ3n) is 5.01. The van der Waals surface area contributed by atoms with E-state index >= 15 is 0 Å². The number of carbonyl (C=O) groups excluding carboxylic acids is 1. The third-order valence-corrected chi connectivity index (χ3v) is 5.01. The summed E-state index contributed by atoms with van der Waals surface area (Å²) in [6.07, 6.45) is 5.23. The zero-order valence-corrected chi connectivity index (χ0v) is 12.5. The SMILES string of the molecule is CC1CCN(C(=O)NC2CCCCC2(C)C)CC1O. The van der Waals surface area contributed by atoms with Crippen LogP contribution in [0.2, 0.25) is 0 Å². The highest BCUT2D eigenvalue weighted by molar-refractivity contribution is 5.74. The average molecular weight is 268 g/mol.